The summed E-state index contributed by atoms with van der Waals surface area (Å²) in [7, 11) is 0. The number of halogens is 4. The molecule has 0 saturated carbocycles. The predicted molar refractivity (Wildman–Crippen MR) is 79.6 cm³/mol. The Morgan fingerprint density at radius 1 is 1.35 bits per heavy atom. The second-order valence-corrected chi connectivity index (χ2v) is 6.70. The highest BCUT2D eigenvalue weighted by molar-refractivity contribution is 7.99. The summed E-state index contributed by atoms with van der Waals surface area (Å²) in [5.74, 6) is 0. The van der Waals surface area contributed by atoms with Gasteiger partial charge in [0.05, 0.1) is 17.1 Å². The van der Waals surface area contributed by atoms with E-state index in [2.05, 4.69) is 20.5 Å². The van der Waals surface area contributed by atoms with Gasteiger partial charge in [0.25, 0.3) is 0 Å². The van der Waals surface area contributed by atoms with Crippen molar-refractivity contribution in [2.24, 2.45) is 0 Å². The number of aromatic nitrogens is 5. The minimum atomic E-state index is -4.49. The fraction of sp³-hybridized carbons (Fsp3) is 0.167. The molecule has 0 aliphatic heterocycles. The molecule has 11 heteroatoms. The molecular formula is C12H7ClF3N5S2. The zero-order valence-corrected chi connectivity index (χ0v) is 13.5. The first-order chi connectivity index (χ1) is 10.9. The van der Waals surface area contributed by atoms with Crippen molar-refractivity contribution in [3.8, 4) is 0 Å². The molecule has 0 amide bonds. The molecule has 0 aliphatic carbocycles. The van der Waals surface area contributed by atoms with Crippen LogP contribution in [0.2, 0.25) is 5.02 Å². The van der Waals surface area contributed by atoms with Gasteiger partial charge in [-0.25, -0.2) is 9.67 Å². The number of pyridine rings is 1. The van der Waals surface area contributed by atoms with Crippen molar-refractivity contribution >= 4 is 34.7 Å². The second-order valence-electron chi connectivity index (χ2n) is 4.31. The summed E-state index contributed by atoms with van der Waals surface area (Å²) in [6.45, 7) is 0.464. The summed E-state index contributed by atoms with van der Waals surface area (Å²) < 4.78 is 39.4. The van der Waals surface area contributed by atoms with Gasteiger partial charge in [0.2, 0.25) is 5.16 Å². The van der Waals surface area contributed by atoms with Crippen LogP contribution in [0.4, 0.5) is 13.2 Å². The van der Waals surface area contributed by atoms with Crippen molar-refractivity contribution < 1.29 is 13.2 Å². The lowest BCUT2D eigenvalue weighted by atomic mass is 10.3. The van der Waals surface area contributed by atoms with E-state index in [9.17, 15) is 13.2 Å². The van der Waals surface area contributed by atoms with Gasteiger partial charge in [-0.3, -0.25) is 0 Å². The van der Waals surface area contributed by atoms with Gasteiger partial charge in [0.15, 0.2) is 0 Å². The molecule has 3 aromatic heterocycles. The van der Waals surface area contributed by atoms with Crippen LogP contribution in [0.15, 0.2) is 40.0 Å². The summed E-state index contributed by atoms with van der Waals surface area (Å²) in [6.07, 6.45) is -3.75. The van der Waals surface area contributed by atoms with Crippen LogP contribution >= 0.6 is 34.7 Å². The van der Waals surface area contributed by atoms with Crippen LogP contribution < -0.4 is 0 Å². The molecule has 0 aromatic carbocycles. The van der Waals surface area contributed by atoms with Crippen LogP contribution in [0.25, 0.3) is 0 Å². The maximum atomic E-state index is 12.6. The Kier molecular flexibility index (Phi) is 4.55. The Morgan fingerprint density at radius 3 is 2.83 bits per heavy atom. The first-order valence-corrected chi connectivity index (χ1v) is 8.20. The van der Waals surface area contributed by atoms with Gasteiger partial charge in [0.1, 0.15) is 5.03 Å². The van der Waals surface area contributed by atoms with Crippen LogP contribution in [0.1, 0.15) is 10.4 Å². The summed E-state index contributed by atoms with van der Waals surface area (Å²) >= 11 is 8.45. The Bertz CT molecular complexity index is 803. The molecule has 0 saturated heterocycles. The third-order valence-electron chi connectivity index (χ3n) is 2.71. The van der Waals surface area contributed by atoms with Crippen molar-refractivity contribution in [2.45, 2.75) is 22.9 Å². The first kappa shape index (κ1) is 16.2. The molecule has 0 aliphatic rings. The predicted octanol–water partition coefficient (Wildman–Crippen LogP) is 4.00. The lowest BCUT2D eigenvalue weighted by Gasteiger charge is -2.08. The van der Waals surface area contributed by atoms with E-state index in [4.69, 9.17) is 11.6 Å². The highest BCUT2D eigenvalue weighted by Gasteiger charge is 2.31. The molecule has 0 atom stereocenters. The summed E-state index contributed by atoms with van der Waals surface area (Å²) in [4.78, 5) is 4.81. The molecule has 0 fully saturated rings. The van der Waals surface area contributed by atoms with Crippen molar-refractivity contribution in [3.05, 3.63) is 45.2 Å². The minimum absolute atomic E-state index is 0.101. The monoisotopic (exact) mass is 377 g/mol. The van der Waals surface area contributed by atoms with Crippen LogP contribution in [-0.2, 0) is 12.7 Å². The molecule has 0 radical (unpaired) electrons. The summed E-state index contributed by atoms with van der Waals surface area (Å²) in [5.41, 5.74) is -0.898. The molecular weight excluding hydrogens is 371 g/mol. The molecule has 0 bridgehead atoms. The first-order valence-electron chi connectivity index (χ1n) is 6.12. The molecule has 23 heavy (non-hydrogen) atoms. The van der Waals surface area contributed by atoms with E-state index in [1.165, 1.54) is 4.68 Å². The van der Waals surface area contributed by atoms with Crippen LogP contribution in [-0.4, -0.2) is 25.2 Å². The third kappa shape index (κ3) is 3.82. The molecule has 120 valence electrons. The minimum Gasteiger partial charge on any atom is -0.247 e. The second kappa shape index (κ2) is 6.46. The van der Waals surface area contributed by atoms with E-state index < -0.39 is 11.7 Å². The Morgan fingerprint density at radius 2 is 2.17 bits per heavy atom. The summed E-state index contributed by atoms with van der Waals surface area (Å²) in [6, 6.07) is 4.68. The summed E-state index contributed by atoms with van der Waals surface area (Å²) in [5, 5.41) is 13.7. The average Bonchev–Trinajstić information content (AvgIpc) is 3.13. The highest BCUT2D eigenvalue weighted by atomic mass is 35.5. The van der Waals surface area contributed by atoms with E-state index in [0.29, 0.717) is 11.7 Å². The van der Waals surface area contributed by atoms with Crippen LogP contribution in [0, 0.1) is 0 Å². The van der Waals surface area contributed by atoms with Crippen molar-refractivity contribution in [3.63, 3.8) is 0 Å². The van der Waals surface area contributed by atoms with E-state index in [1.807, 2.05) is 17.5 Å². The third-order valence-corrected chi connectivity index (χ3v) is 4.96. The normalized spacial score (nSPS) is 11.8. The largest absolute Gasteiger partial charge is 0.417 e. The molecule has 5 nitrogen and oxygen atoms in total. The van der Waals surface area contributed by atoms with Gasteiger partial charge in [-0.1, -0.05) is 17.7 Å². The van der Waals surface area contributed by atoms with Gasteiger partial charge in [0, 0.05) is 11.1 Å². The average molecular weight is 378 g/mol. The van der Waals surface area contributed by atoms with Gasteiger partial charge in [-0.15, -0.1) is 16.4 Å². The fourth-order valence-corrected chi connectivity index (χ4v) is 3.35. The number of hydrogen-bond donors (Lipinski definition) is 0. The SMILES string of the molecule is FC(F)(F)c1cnc(Sc2nnnn2Cc2cccs2)c(Cl)c1. The maximum absolute atomic E-state index is 12.6. The van der Waals surface area contributed by atoms with Crippen molar-refractivity contribution in [1.29, 1.82) is 0 Å². The standard InChI is InChI=1S/C12H7ClF3N5S2/c13-9-4-7(12(14,15)16)5-17-10(9)23-11-18-19-20-21(11)6-8-2-1-3-22-8/h1-5H,6H2. The zero-order chi connectivity index (χ0) is 16.4. The molecule has 3 rings (SSSR count). The molecule has 0 N–H and O–H groups in total. The number of nitrogens with zero attached hydrogens (tertiary/aromatic N) is 5. The zero-order valence-electron chi connectivity index (χ0n) is 11.2. The number of alkyl halides is 3. The van der Waals surface area contributed by atoms with E-state index in [0.717, 1.165) is 28.9 Å². The van der Waals surface area contributed by atoms with Crippen LogP contribution in [0.3, 0.4) is 0 Å². The van der Waals surface area contributed by atoms with Gasteiger partial charge in [-0.2, -0.15) is 13.2 Å². The quantitative estimate of drug-likeness (QED) is 0.687. The lowest BCUT2D eigenvalue weighted by molar-refractivity contribution is -0.137. The van der Waals surface area contributed by atoms with Gasteiger partial charge < -0.3 is 0 Å². The van der Waals surface area contributed by atoms with E-state index in [1.54, 1.807) is 11.3 Å². The molecule has 0 spiro atoms. The Labute approximate surface area is 141 Å². The fourth-order valence-electron chi connectivity index (χ4n) is 1.66. The van der Waals surface area contributed by atoms with E-state index >= 15 is 0 Å². The molecule has 0 unspecified atom stereocenters. The Hall–Kier alpha value is -1.65. The number of rotatable bonds is 4. The molecule has 3 aromatic rings. The smallest absolute Gasteiger partial charge is 0.247 e. The number of thiophene rings is 1. The van der Waals surface area contributed by atoms with E-state index in [-0.39, 0.29) is 10.0 Å². The molecule has 3 heterocycles. The lowest BCUT2D eigenvalue weighted by Crippen LogP contribution is -2.06. The van der Waals surface area contributed by atoms with Crippen LogP contribution in [0.5, 0.6) is 0 Å². The van der Waals surface area contributed by atoms with Gasteiger partial charge in [-0.05, 0) is 39.7 Å². The number of hydrogen-bond acceptors (Lipinski definition) is 6. The highest BCUT2D eigenvalue weighted by Crippen LogP contribution is 2.35. The van der Waals surface area contributed by atoms with Crippen molar-refractivity contribution in [1.82, 2.24) is 25.2 Å². The topological polar surface area (TPSA) is 56.5 Å². The maximum Gasteiger partial charge on any atom is 0.417 e. The van der Waals surface area contributed by atoms with Gasteiger partial charge >= 0.3 is 6.18 Å². The van der Waals surface area contributed by atoms with Crippen molar-refractivity contribution in [2.75, 3.05) is 0 Å². The Balaban J connectivity index is 1.82. The number of tetrazole rings is 1.